The van der Waals surface area contributed by atoms with Crippen LogP contribution < -0.4 is 0 Å². The molecule has 0 aliphatic heterocycles. The Bertz CT molecular complexity index is 26.8. The Labute approximate surface area is 89.2 Å². The number of rotatable bonds is 0. The molecule has 0 bridgehead atoms. The van der Waals surface area contributed by atoms with Gasteiger partial charge in [0, 0.05) is 0 Å². The summed E-state index contributed by atoms with van der Waals surface area (Å²) in [7, 11) is 0. The molecule has 0 spiro atoms. The second-order valence-corrected chi connectivity index (χ2v) is 114. The molecule has 56 valence electrons. The summed E-state index contributed by atoms with van der Waals surface area (Å²) in [5.74, 6) is 0. The maximum atomic E-state index is 2.55. The van der Waals surface area contributed by atoms with E-state index < -0.39 is 3.51 Å². The Hall–Kier alpha value is 3.68. The van der Waals surface area contributed by atoms with Gasteiger partial charge in [-0.05, 0) is 0 Å². The van der Waals surface area contributed by atoms with Gasteiger partial charge in [-0.3, -0.25) is 0 Å². The Morgan fingerprint density at radius 2 is 0.625 bits per heavy atom. The molecule has 8 heavy (non-hydrogen) atoms. The van der Waals surface area contributed by atoms with Gasteiger partial charge in [-0.2, -0.15) is 0 Å². The molecule has 0 radical (unpaired) electrons. The summed E-state index contributed by atoms with van der Waals surface area (Å²) < 4.78 is -1.30. The molecule has 0 heterocycles. The average Bonchev–Trinajstić information content (AvgIpc) is 0.722. The van der Waals surface area contributed by atoms with Crippen LogP contribution in [0.5, 0.6) is 0 Å². The van der Waals surface area contributed by atoms with E-state index in [1.165, 1.54) is 0 Å². The monoisotopic (exact) mass is 652 g/mol. The molecule has 0 saturated heterocycles. The number of hydrogen-bond donors (Lipinski definition) is 0. The predicted octanol–water partition coefficient (Wildman–Crippen LogP) is 1.07. The van der Waals surface area contributed by atoms with Crippen LogP contribution in [-0.2, 0) is 3.51 Å². The van der Waals surface area contributed by atoms with Crippen LogP contribution in [0.25, 0.3) is 0 Å². The van der Waals surface area contributed by atoms with Gasteiger partial charge in [-0.25, -0.2) is 0 Å². The van der Waals surface area contributed by atoms with Crippen molar-refractivity contribution in [1.82, 2.24) is 0 Å². The maximum absolute atomic E-state index is 2.55. The van der Waals surface area contributed by atoms with Gasteiger partial charge >= 0.3 is 75.7 Å². The molecule has 0 fully saturated rings. The molecular weight excluding hydrogens is 647 g/mol. The van der Waals surface area contributed by atoms with Gasteiger partial charge in [0.2, 0.25) is 0 Å². The first kappa shape index (κ1) is 22.6. The second-order valence-electron chi connectivity index (χ2n) is 0.429. The van der Waals surface area contributed by atoms with Crippen molar-refractivity contribution in [3.8, 4) is 0 Å². The molecule has 6 N–H and O–H groups in total. The van der Waals surface area contributed by atoms with E-state index in [0.717, 1.165) is 0 Å². The zero-order valence-corrected chi connectivity index (χ0v) is 14.6. The standard InChI is InChI=1S/4HI.3H2O.Zr/h4*1H;3*1H2;/q;;;;;;;+4/p-4. The van der Waals surface area contributed by atoms with Gasteiger partial charge in [-0.15, -0.1) is 0 Å². The van der Waals surface area contributed by atoms with E-state index >= 15 is 0 Å². The normalized spacial score (nSPS) is 7.50. The Morgan fingerprint density at radius 3 is 0.625 bits per heavy atom. The van der Waals surface area contributed by atoms with Crippen LogP contribution in [0.4, 0.5) is 0 Å². The van der Waals surface area contributed by atoms with Crippen LogP contribution >= 0.6 is 72.2 Å². The first-order chi connectivity index (χ1) is 2.00. The fourth-order valence-electron chi connectivity index (χ4n) is 0. The van der Waals surface area contributed by atoms with Crippen LogP contribution in [0, 0.1) is 0 Å². The van der Waals surface area contributed by atoms with E-state index in [2.05, 4.69) is 72.2 Å². The Balaban J connectivity index is -0.0000000267. The molecule has 0 amide bonds. The van der Waals surface area contributed by atoms with Gasteiger partial charge in [0.1, 0.15) is 0 Å². The molecule has 0 aliphatic carbocycles. The van der Waals surface area contributed by atoms with E-state index in [1.54, 1.807) is 0 Å². The molecule has 0 saturated carbocycles. The third kappa shape index (κ3) is 53.8. The Morgan fingerprint density at radius 1 is 0.625 bits per heavy atom. The van der Waals surface area contributed by atoms with Crippen LogP contribution in [0.2, 0.25) is 0 Å². The number of halogens is 4. The molecule has 0 aromatic heterocycles. The third-order valence-electron chi connectivity index (χ3n) is 0. The van der Waals surface area contributed by atoms with Crippen molar-refractivity contribution in [2.75, 3.05) is 0 Å². The fraction of sp³-hybridized carbons (Fsp3) is 0. The van der Waals surface area contributed by atoms with E-state index in [1.807, 2.05) is 0 Å². The first-order valence-electron chi connectivity index (χ1n) is 0.756. The summed E-state index contributed by atoms with van der Waals surface area (Å²) in [5.41, 5.74) is 0. The molecule has 0 aliphatic rings. The van der Waals surface area contributed by atoms with Gasteiger partial charge in [0.05, 0.1) is 0 Å². The van der Waals surface area contributed by atoms with Crippen LogP contribution in [0.3, 0.4) is 0 Å². The summed E-state index contributed by atoms with van der Waals surface area (Å²) in [6, 6.07) is 0. The zero-order valence-electron chi connectivity index (χ0n) is 3.51. The van der Waals surface area contributed by atoms with Crippen molar-refractivity contribution in [3.63, 3.8) is 0 Å². The van der Waals surface area contributed by atoms with E-state index in [0.29, 0.717) is 0 Å². The van der Waals surface area contributed by atoms with Crippen molar-refractivity contribution in [3.05, 3.63) is 0 Å². The zero-order chi connectivity index (χ0) is 4.50. The minimum absolute atomic E-state index is 0. The third-order valence-corrected chi connectivity index (χ3v) is 0. The molecule has 8 heteroatoms. The van der Waals surface area contributed by atoms with Crippen LogP contribution in [0.15, 0.2) is 0 Å². The predicted molar refractivity (Wildman–Crippen MR) is 66.9 cm³/mol. The topological polar surface area (TPSA) is 94.5 Å². The average molecular weight is 653 g/mol. The summed E-state index contributed by atoms with van der Waals surface area (Å²) in [5, 5.41) is 0. The summed E-state index contributed by atoms with van der Waals surface area (Å²) in [6.45, 7) is 0. The molecular formula is H6I4O3Zr. The van der Waals surface area contributed by atoms with Crippen molar-refractivity contribution < 1.29 is 19.9 Å². The summed E-state index contributed by atoms with van der Waals surface area (Å²) in [4.78, 5) is 0. The summed E-state index contributed by atoms with van der Waals surface area (Å²) in [6.07, 6.45) is 0. The summed E-state index contributed by atoms with van der Waals surface area (Å²) >= 11 is 10.2. The molecule has 0 atom stereocenters. The molecule has 3 nitrogen and oxygen atoms in total. The van der Waals surface area contributed by atoms with Gasteiger partial charge in [0.25, 0.3) is 0 Å². The van der Waals surface area contributed by atoms with E-state index in [9.17, 15) is 0 Å². The molecule has 0 aromatic rings. The van der Waals surface area contributed by atoms with Gasteiger partial charge in [0.15, 0.2) is 0 Å². The molecule has 0 rings (SSSR count). The van der Waals surface area contributed by atoms with Crippen molar-refractivity contribution >= 4 is 72.2 Å². The minimum atomic E-state index is -1.30. The Kier molecular flexibility index (Phi) is 30.2. The van der Waals surface area contributed by atoms with Crippen molar-refractivity contribution in [2.24, 2.45) is 0 Å². The van der Waals surface area contributed by atoms with E-state index in [-0.39, 0.29) is 16.4 Å². The first-order valence-corrected chi connectivity index (χ1v) is 30.0. The SMILES string of the molecule is O.O.O.[I][Zr]([I])([I])[I]. The van der Waals surface area contributed by atoms with Crippen molar-refractivity contribution in [1.29, 1.82) is 0 Å². The second kappa shape index (κ2) is 10.7. The number of hydrogen-bond acceptors (Lipinski definition) is 0. The molecule has 0 unspecified atom stereocenters. The van der Waals surface area contributed by atoms with Crippen LogP contribution in [-0.4, -0.2) is 16.4 Å². The quantitative estimate of drug-likeness (QED) is 0.351. The van der Waals surface area contributed by atoms with E-state index in [4.69, 9.17) is 0 Å². The van der Waals surface area contributed by atoms with Crippen molar-refractivity contribution in [2.45, 2.75) is 0 Å². The fourth-order valence-corrected chi connectivity index (χ4v) is 0. The van der Waals surface area contributed by atoms with Gasteiger partial charge < -0.3 is 16.4 Å². The molecule has 0 aromatic carbocycles. The van der Waals surface area contributed by atoms with Gasteiger partial charge in [-0.1, -0.05) is 0 Å². The van der Waals surface area contributed by atoms with Crippen LogP contribution in [0.1, 0.15) is 0 Å².